The second-order valence-corrected chi connectivity index (χ2v) is 6.77. The van der Waals surface area contributed by atoms with Crippen LogP contribution in [0.5, 0.6) is 0 Å². The molecular weight excluding hydrogens is 338 g/mol. The van der Waals surface area contributed by atoms with Gasteiger partial charge in [0.25, 0.3) is 0 Å². The summed E-state index contributed by atoms with van der Waals surface area (Å²) in [7, 11) is 1.38. The molecule has 0 radical (unpaired) electrons. The molecule has 0 unspecified atom stereocenters. The summed E-state index contributed by atoms with van der Waals surface area (Å²) in [6.45, 7) is 8.49. The molecule has 1 N–H and O–H groups in total. The fourth-order valence-electron chi connectivity index (χ4n) is 2.49. The number of esters is 1. The summed E-state index contributed by atoms with van der Waals surface area (Å²) >= 11 is 1.52. The van der Waals surface area contributed by atoms with Gasteiger partial charge in [0.1, 0.15) is 17.0 Å². The lowest BCUT2D eigenvalue weighted by Gasteiger charge is -2.08. The molecule has 0 bridgehead atoms. The highest BCUT2D eigenvalue weighted by Gasteiger charge is 2.15. The van der Waals surface area contributed by atoms with Crippen LogP contribution >= 0.6 is 11.3 Å². The first-order valence-electron chi connectivity index (χ1n) is 7.85. The number of hydrogen-bond acceptors (Lipinski definition) is 8. The molecule has 0 saturated carbocycles. The summed E-state index contributed by atoms with van der Waals surface area (Å²) in [5.41, 5.74) is 3.78. The summed E-state index contributed by atoms with van der Waals surface area (Å²) < 4.78 is 5.59. The number of methoxy groups -OCH3 is 1. The Morgan fingerprint density at radius 1 is 1.28 bits per heavy atom. The summed E-state index contributed by atoms with van der Waals surface area (Å²) in [6, 6.07) is 0. The third-order valence-electron chi connectivity index (χ3n) is 4.08. The zero-order valence-electron chi connectivity index (χ0n) is 14.4. The largest absolute Gasteiger partial charge is 0.469 e. The molecule has 0 aliphatic heterocycles. The van der Waals surface area contributed by atoms with Gasteiger partial charge in [-0.1, -0.05) is 12.2 Å². The first-order chi connectivity index (χ1) is 12.0. The normalized spacial score (nSPS) is 11.0. The zero-order chi connectivity index (χ0) is 18.0. The van der Waals surface area contributed by atoms with Crippen LogP contribution in [0.1, 0.15) is 24.1 Å². The highest BCUT2D eigenvalue weighted by molar-refractivity contribution is 7.25. The van der Waals surface area contributed by atoms with Crippen molar-refractivity contribution >= 4 is 43.6 Å². The smallest absolute Gasteiger partial charge is 0.305 e. The average Bonchev–Trinajstić information content (AvgIpc) is 3.00. The van der Waals surface area contributed by atoms with Gasteiger partial charge in [0, 0.05) is 18.4 Å². The number of carbonyl (C=O) groups is 1. The summed E-state index contributed by atoms with van der Waals surface area (Å²) in [5.74, 6) is 0.503. The van der Waals surface area contributed by atoms with Crippen LogP contribution in [0.2, 0.25) is 0 Å². The third kappa shape index (κ3) is 3.43. The fourth-order valence-corrected chi connectivity index (χ4v) is 3.59. The van der Waals surface area contributed by atoms with Crippen LogP contribution in [-0.2, 0) is 9.53 Å². The number of anilines is 1. The van der Waals surface area contributed by atoms with Gasteiger partial charge >= 0.3 is 5.97 Å². The topological polar surface area (TPSA) is 89.9 Å². The van der Waals surface area contributed by atoms with Gasteiger partial charge in [0.05, 0.1) is 23.0 Å². The maximum atomic E-state index is 11.2. The number of aryl methyl sites for hydroxylation is 2. The van der Waals surface area contributed by atoms with Gasteiger partial charge in [-0.15, -0.1) is 16.4 Å². The second-order valence-electron chi connectivity index (χ2n) is 5.77. The lowest BCUT2D eigenvalue weighted by molar-refractivity contribution is -0.140. The Morgan fingerprint density at radius 2 is 2.08 bits per heavy atom. The van der Waals surface area contributed by atoms with E-state index in [1.54, 1.807) is 6.33 Å². The van der Waals surface area contributed by atoms with Crippen molar-refractivity contribution in [1.29, 1.82) is 0 Å². The average molecular weight is 357 g/mol. The second kappa shape index (κ2) is 7.10. The van der Waals surface area contributed by atoms with E-state index in [-0.39, 0.29) is 5.97 Å². The van der Waals surface area contributed by atoms with Gasteiger partial charge in [0.2, 0.25) is 0 Å². The number of ether oxygens (including phenoxy) is 1. The van der Waals surface area contributed by atoms with E-state index in [0.717, 1.165) is 43.1 Å². The van der Waals surface area contributed by atoms with E-state index >= 15 is 0 Å². The SMILES string of the molecule is C=C(CCC(=O)OC)CNc1ncnc2c1sc1nnc(C)c(C)c12. The Labute approximate surface area is 149 Å². The van der Waals surface area contributed by atoms with E-state index in [1.165, 1.54) is 18.4 Å². The molecule has 0 aliphatic carbocycles. The molecular formula is C17H19N5O2S. The highest BCUT2D eigenvalue weighted by Crippen LogP contribution is 2.36. The molecule has 0 aromatic carbocycles. The fraction of sp³-hybridized carbons (Fsp3) is 0.353. The molecule has 3 rings (SSSR count). The number of carbonyl (C=O) groups excluding carboxylic acids is 1. The minimum Gasteiger partial charge on any atom is -0.469 e. The van der Waals surface area contributed by atoms with Crippen molar-refractivity contribution in [1.82, 2.24) is 20.2 Å². The number of nitrogens with one attached hydrogen (secondary N) is 1. The molecule has 0 aliphatic rings. The van der Waals surface area contributed by atoms with Gasteiger partial charge in [-0.3, -0.25) is 4.79 Å². The van der Waals surface area contributed by atoms with Crippen LogP contribution < -0.4 is 5.32 Å². The third-order valence-corrected chi connectivity index (χ3v) is 5.15. The van der Waals surface area contributed by atoms with Gasteiger partial charge in [-0.05, 0) is 25.8 Å². The van der Waals surface area contributed by atoms with E-state index in [2.05, 4.69) is 36.8 Å². The molecule has 0 saturated heterocycles. The summed E-state index contributed by atoms with van der Waals surface area (Å²) in [4.78, 5) is 20.8. The van der Waals surface area contributed by atoms with Crippen molar-refractivity contribution < 1.29 is 9.53 Å². The Morgan fingerprint density at radius 3 is 2.84 bits per heavy atom. The van der Waals surface area contributed by atoms with Crippen molar-refractivity contribution in [2.45, 2.75) is 26.7 Å². The molecule has 3 heterocycles. The molecule has 0 spiro atoms. The first kappa shape index (κ1) is 17.2. The van der Waals surface area contributed by atoms with Crippen molar-refractivity contribution in [2.75, 3.05) is 19.0 Å². The standard InChI is InChI=1S/C17H19N5O2S/c1-9(5-6-12(23)24-4)7-18-16-15-14(19-8-20-16)13-10(2)11(3)21-22-17(13)25-15/h8H,1,5-7H2,2-4H3,(H,18,19,20). The lowest BCUT2D eigenvalue weighted by Crippen LogP contribution is -2.08. The number of nitrogens with zero attached hydrogens (tertiary/aromatic N) is 4. The maximum Gasteiger partial charge on any atom is 0.305 e. The minimum absolute atomic E-state index is 0.237. The van der Waals surface area contributed by atoms with Crippen LogP contribution in [0.4, 0.5) is 5.82 Å². The van der Waals surface area contributed by atoms with E-state index in [4.69, 9.17) is 0 Å². The molecule has 0 fully saturated rings. The van der Waals surface area contributed by atoms with Crippen molar-refractivity contribution in [3.05, 3.63) is 29.7 Å². The monoisotopic (exact) mass is 357 g/mol. The number of aromatic nitrogens is 4. The number of thiophene rings is 1. The van der Waals surface area contributed by atoms with Crippen LogP contribution in [0.25, 0.3) is 20.4 Å². The van der Waals surface area contributed by atoms with Crippen molar-refractivity contribution in [2.24, 2.45) is 0 Å². The molecule has 8 heteroatoms. The number of rotatable bonds is 6. The van der Waals surface area contributed by atoms with Crippen LogP contribution in [-0.4, -0.2) is 39.8 Å². The van der Waals surface area contributed by atoms with E-state index in [0.29, 0.717) is 19.4 Å². The molecule has 130 valence electrons. The molecule has 0 atom stereocenters. The Bertz CT molecular complexity index is 966. The summed E-state index contributed by atoms with van der Waals surface area (Å²) in [6.07, 6.45) is 2.44. The predicted octanol–water partition coefficient (Wildman–Crippen LogP) is 3.17. The summed E-state index contributed by atoms with van der Waals surface area (Å²) in [5, 5.41) is 12.8. The van der Waals surface area contributed by atoms with E-state index in [9.17, 15) is 4.79 Å². The number of fused-ring (bicyclic) bond motifs is 3. The zero-order valence-corrected chi connectivity index (χ0v) is 15.2. The molecule has 7 nitrogen and oxygen atoms in total. The Hall–Kier alpha value is -2.61. The predicted molar refractivity (Wildman–Crippen MR) is 98.9 cm³/mol. The molecule has 3 aromatic heterocycles. The molecule has 25 heavy (non-hydrogen) atoms. The minimum atomic E-state index is -0.237. The molecule has 3 aromatic rings. The van der Waals surface area contributed by atoms with Gasteiger partial charge in [-0.25, -0.2) is 9.97 Å². The van der Waals surface area contributed by atoms with Gasteiger partial charge in [0.15, 0.2) is 0 Å². The molecule has 0 amide bonds. The first-order valence-corrected chi connectivity index (χ1v) is 8.67. The van der Waals surface area contributed by atoms with Crippen LogP contribution in [0.3, 0.4) is 0 Å². The van der Waals surface area contributed by atoms with Gasteiger partial charge < -0.3 is 10.1 Å². The van der Waals surface area contributed by atoms with E-state index < -0.39 is 0 Å². The quantitative estimate of drug-likeness (QED) is 0.535. The van der Waals surface area contributed by atoms with Crippen molar-refractivity contribution in [3.63, 3.8) is 0 Å². The van der Waals surface area contributed by atoms with Gasteiger partial charge in [-0.2, -0.15) is 5.10 Å². The maximum absolute atomic E-state index is 11.2. The highest BCUT2D eigenvalue weighted by atomic mass is 32.1. The van der Waals surface area contributed by atoms with Crippen LogP contribution in [0.15, 0.2) is 18.5 Å². The number of hydrogen-bond donors (Lipinski definition) is 1. The van der Waals surface area contributed by atoms with E-state index in [1.807, 2.05) is 13.8 Å². The van der Waals surface area contributed by atoms with Crippen molar-refractivity contribution in [3.8, 4) is 0 Å². The Balaban J connectivity index is 1.84. The Kier molecular flexibility index (Phi) is 4.89. The van der Waals surface area contributed by atoms with Crippen LogP contribution in [0, 0.1) is 13.8 Å². The lowest BCUT2D eigenvalue weighted by atomic mass is 10.1.